The third-order valence-electron chi connectivity index (χ3n) is 5.45. The molecule has 3 heterocycles. The van der Waals surface area contributed by atoms with Crippen LogP contribution in [0.15, 0.2) is 24.5 Å². The number of hydrogen-bond acceptors (Lipinski definition) is 7. The first-order valence-electron chi connectivity index (χ1n) is 10.9. The summed E-state index contributed by atoms with van der Waals surface area (Å²) in [5.74, 6) is -0.485. The van der Waals surface area contributed by atoms with Gasteiger partial charge in [0.05, 0.1) is 23.5 Å². The van der Waals surface area contributed by atoms with E-state index in [1.54, 1.807) is 21.9 Å². The number of nitrogens with zero attached hydrogens (tertiary/aromatic N) is 5. The van der Waals surface area contributed by atoms with Gasteiger partial charge in [-0.05, 0) is 51.5 Å². The predicted molar refractivity (Wildman–Crippen MR) is 126 cm³/mol. The van der Waals surface area contributed by atoms with Crippen molar-refractivity contribution in [3.63, 3.8) is 0 Å². The number of amides is 3. The van der Waals surface area contributed by atoms with Gasteiger partial charge in [0.1, 0.15) is 22.8 Å². The fourth-order valence-corrected chi connectivity index (χ4v) is 4.16. The van der Waals surface area contributed by atoms with Crippen molar-refractivity contribution in [1.82, 2.24) is 30.1 Å². The second-order valence-corrected chi connectivity index (χ2v) is 9.43. The maximum Gasteiger partial charge on any atom is 0.410 e. The van der Waals surface area contributed by atoms with E-state index in [1.807, 2.05) is 27.7 Å². The van der Waals surface area contributed by atoms with Crippen molar-refractivity contribution in [2.45, 2.75) is 52.3 Å². The molecule has 0 aromatic carbocycles. The number of piperazine rings is 1. The monoisotopic (exact) mass is 488 g/mol. The van der Waals surface area contributed by atoms with Gasteiger partial charge in [0.2, 0.25) is 5.91 Å². The summed E-state index contributed by atoms with van der Waals surface area (Å²) in [6, 6.07) is 4.06. The number of hydrogen-bond donors (Lipinski definition) is 1. The molecule has 0 saturated carbocycles. The highest BCUT2D eigenvalue weighted by Crippen LogP contribution is 2.34. The largest absolute Gasteiger partial charge is 0.444 e. The molecule has 1 aliphatic heterocycles. The van der Waals surface area contributed by atoms with E-state index in [0.717, 1.165) is 0 Å². The van der Waals surface area contributed by atoms with Gasteiger partial charge < -0.3 is 19.9 Å². The fraction of sp³-hybridized carbons (Fsp3) is 0.478. The minimum Gasteiger partial charge on any atom is -0.444 e. The van der Waals surface area contributed by atoms with Crippen LogP contribution >= 0.6 is 11.6 Å². The molecular weight excluding hydrogens is 460 g/mol. The van der Waals surface area contributed by atoms with Gasteiger partial charge in [0, 0.05) is 27.1 Å². The maximum atomic E-state index is 12.9. The number of rotatable bonds is 3. The van der Waals surface area contributed by atoms with Crippen LogP contribution < -0.4 is 5.32 Å². The molecular formula is C23H29ClN6O4. The number of carbonyl (C=O) groups excluding carboxylic acids is 3. The van der Waals surface area contributed by atoms with Crippen molar-refractivity contribution in [3.05, 3.63) is 40.9 Å². The summed E-state index contributed by atoms with van der Waals surface area (Å²) >= 11 is 6.37. The summed E-state index contributed by atoms with van der Waals surface area (Å²) < 4.78 is 5.58. The Bertz CT molecular complexity index is 1100. The first-order chi connectivity index (χ1) is 15.9. The van der Waals surface area contributed by atoms with E-state index >= 15 is 0 Å². The van der Waals surface area contributed by atoms with Crippen LogP contribution in [0.3, 0.4) is 0 Å². The van der Waals surface area contributed by atoms with E-state index in [1.165, 1.54) is 26.4 Å². The average Bonchev–Trinajstić information content (AvgIpc) is 2.76. The van der Waals surface area contributed by atoms with Gasteiger partial charge in [-0.25, -0.2) is 19.7 Å². The molecule has 0 spiro atoms. The fourth-order valence-electron chi connectivity index (χ4n) is 3.95. The van der Waals surface area contributed by atoms with E-state index < -0.39 is 23.8 Å². The van der Waals surface area contributed by atoms with Gasteiger partial charge in [-0.3, -0.25) is 9.59 Å². The molecule has 0 bridgehead atoms. The third-order valence-corrected chi connectivity index (χ3v) is 5.64. The molecule has 10 nitrogen and oxygen atoms in total. The minimum absolute atomic E-state index is 0.126. The lowest BCUT2D eigenvalue weighted by molar-refractivity contribution is -0.136. The number of carbonyl (C=O) groups is 3. The van der Waals surface area contributed by atoms with Crippen LogP contribution in [0.5, 0.6) is 0 Å². The zero-order chi connectivity index (χ0) is 25.2. The molecule has 0 aliphatic carbocycles. The van der Waals surface area contributed by atoms with E-state index in [4.69, 9.17) is 16.3 Å². The number of nitrogens with one attached hydrogen (secondary N) is 1. The first-order valence-corrected chi connectivity index (χ1v) is 11.3. The average molecular weight is 489 g/mol. The lowest BCUT2D eigenvalue weighted by atomic mass is 9.94. The van der Waals surface area contributed by atoms with Crippen LogP contribution in [-0.2, 0) is 9.53 Å². The Morgan fingerprint density at radius 3 is 2.38 bits per heavy atom. The van der Waals surface area contributed by atoms with E-state index in [2.05, 4.69) is 20.3 Å². The molecule has 1 N–H and O–H groups in total. The summed E-state index contributed by atoms with van der Waals surface area (Å²) in [7, 11) is 1.51. The van der Waals surface area contributed by atoms with E-state index in [9.17, 15) is 14.4 Å². The molecule has 3 rings (SSSR count). The highest BCUT2D eigenvalue weighted by atomic mass is 35.5. The van der Waals surface area contributed by atoms with Crippen LogP contribution in [0, 0.1) is 0 Å². The Labute approximate surface area is 203 Å². The lowest BCUT2D eigenvalue weighted by Crippen LogP contribution is -2.57. The topological polar surface area (TPSA) is 118 Å². The van der Waals surface area contributed by atoms with Gasteiger partial charge in [-0.2, -0.15) is 0 Å². The third kappa shape index (κ3) is 5.61. The first kappa shape index (κ1) is 25.4. The molecule has 1 saturated heterocycles. The standard InChI is InChI=1S/C23H29ClN6O4/c1-13-20(30(14(2)31)8-7-29(13)22(33)34-23(3,4)5)15-9-17(28-19(24)10-15)16-11-18(21(32)25-6)27-12-26-16/h9-13,20H,7-8H2,1-6H3,(H,25,32)/t13-,20+/m0/s1. The minimum atomic E-state index is -0.646. The number of aromatic nitrogens is 3. The van der Waals surface area contributed by atoms with Crippen molar-refractivity contribution in [2.24, 2.45) is 0 Å². The molecule has 34 heavy (non-hydrogen) atoms. The van der Waals surface area contributed by atoms with Crippen molar-refractivity contribution in [3.8, 4) is 11.4 Å². The van der Waals surface area contributed by atoms with Crippen molar-refractivity contribution in [1.29, 1.82) is 0 Å². The van der Waals surface area contributed by atoms with Crippen molar-refractivity contribution >= 4 is 29.5 Å². The molecule has 1 fully saturated rings. The molecule has 0 unspecified atom stereocenters. The van der Waals surface area contributed by atoms with E-state index in [-0.39, 0.29) is 22.7 Å². The molecule has 2 aromatic rings. The highest BCUT2D eigenvalue weighted by molar-refractivity contribution is 6.29. The Morgan fingerprint density at radius 1 is 1.09 bits per heavy atom. The summed E-state index contributed by atoms with van der Waals surface area (Å²) in [5.41, 5.74) is 1.04. The Morgan fingerprint density at radius 2 is 1.76 bits per heavy atom. The zero-order valence-corrected chi connectivity index (χ0v) is 20.9. The molecule has 2 atom stereocenters. The van der Waals surface area contributed by atoms with Crippen LogP contribution in [0.2, 0.25) is 5.15 Å². The van der Waals surface area contributed by atoms with Crippen LogP contribution in [0.1, 0.15) is 56.7 Å². The second-order valence-electron chi connectivity index (χ2n) is 9.05. The zero-order valence-electron chi connectivity index (χ0n) is 20.1. The van der Waals surface area contributed by atoms with E-state index in [0.29, 0.717) is 30.0 Å². The highest BCUT2D eigenvalue weighted by Gasteiger charge is 2.40. The van der Waals surface area contributed by atoms with Gasteiger partial charge in [0.25, 0.3) is 5.91 Å². The lowest BCUT2D eigenvalue weighted by Gasteiger charge is -2.46. The van der Waals surface area contributed by atoms with Crippen LogP contribution in [0.25, 0.3) is 11.4 Å². The van der Waals surface area contributed by atoms with Crippen LogP contribution in [-0.4, -0.2) is 74.4 Å². The van der Waals surface area contributed by atoms with Crippen molar-refractivity contribution in [2.75, 3.05) is 20.1 Å². The van der Waals surface area contributed by atoms with Gasteiger partial charge in [-0.15, -0.1) is 0 Å². The molecule has 11 heteroatoms. The SMILES string of the molecule is CNC(=O)c1cc(-c2cc([C@H]3[C@H](C)N(C(=O)OC(C)(C)C)CCN3C(C)=O)cc(Cl)n2)ncn1. The maximum absolute atomic E-state index is 12.9. The van der Waals surface area contributed by atoms with Gasteiger partial charge >= 0.3 is 6.09 Å². The summed E-state index contributed by atoms with van der Waals surface area (Å²) in [4.78, 5) is 53.3. The molecule has 2 aromatic heterocycles. The number of halogens is 1. The number of pyridine rings is 1. The smallest absolute Gasteiger partial charge is 0.410 e. The predicted octanol–water partition coefficient (Wildman–Crippen LogP) is 3.08. The molecule has 182 valence electrons. The number of ether oxygens (including phenoxy) is 1. The summed E-state index contributed by atoms with van der Waals surface area (Å²) in [5, 5.41) is 2.71. The summed E-state index contributed by atoms with van der Waals surface area (Å²) in [6.07, 6.45) is 0.830. The summed E-state index contributed by atoms with van der Waals surface area (Å²) in [6.45, 7) is 9.47. The van der Waals surface area contributed by atoms with Crippen molar-refractivity contribution < 1.29 is 19.1 Å². The normalized spacial score (nSPS) is 18.4. The molecule has 3 amide bonds. The van der Waals surface area contributed by atoms with Gasteiger partial charge in [-0.1, -0.05) is 11.6 Å². The Balaban J connectivity index is 2.03. The van der Waals surface area contributed by atoms with Crippen LogP contribution in [0.4, 0.5) is 4.79 Å². The molecule has 0 radical (unpaired) electrons. The Hall–Kier alpha value is -3.27. The van der Waals surface area contributed by atoms with Gasteiger partial charge in [0.15, 0.2) is 0 Å². The quantitative estimate of drug-likeness (QED) is 0.659. The molecule has 1 aliphatic rings. The Kier molecular flexibility index (Phi) is 7.40. The second kappa shape index (κ2) is 9.92.